The normalized spacial score (nSPS) is 12.5. The molecule has 1 aromatic rings. The average Bonchev–Trinajstić information content (AvgIpc) is 2.69. The number of hydrogen-bond acceptors (Lipinski definition) is 7. The molecule has 0 aliphatic carbocycles. The Morgan fingerprint density at radius 1 is 1.07 bits per heavy atom. The predicted octanol–water partition coefficient (Wildman–Crippen LogP) is -1.18. The van der Waals surface area contributed by atoms with Crippen LogP contribution in [0.1, 0.15) is 12.0 Å². The highest BCUT2D eigenvalue weighted by Crippen LogP contribution is 2.12. The molecule has 0 spiro atoms. The number of phenols is 1. The van der Waals surface area contributed by atoms with E-state index in [-0.39, 0.29) is 18.7 Å². The van der Waals surface area contributed by atoms with Crippen molar-refractivity contribution in [3.05, 3.63) is 29.8 Å². The third kappa shape index (κ3) is 9.30. The van der Waals surface area contributed by atoms with Gasteiger partial charge in [-0.1, -0.05) is 12.1 Å². The number of thioether (sulfide) groups is 1. The van der Waals surface area contributed by atoms with Gasteiger partial charge in [-0.2, -0.15) is 11.8 Å². The van der Waals surface area contributed by atoms with Gasteiger partial charge in [0.05, 0.1) is 6.54 Å². The van der Waals surface area contributed by atoms with E-state index in [1.165, 1.54) is 23.9 Å². The van der Waals surface area contributed by atoms with Gasteiger partial charge < -0.3 is 31.9 Å². The first-order chi connectivity index (χ1) is 13.8. The molecule has 0 aliphatic heterocycles. The summed E-state index contributed by atoms with van der Waals surface area (Å²) in [5.74, 6) is -2.33. The average molecular weight is 426 g/mol. The number of amides is 3. The molecule has 1 aromatic carbocycles. The molecule has 0 bridgehead atoms. The maximum Gasteiger partial charge on any atom is 0.322 e. The second-order valence-electron chi connectivity index (χ2n) is 6.15. The molecule has 29 heavy (non-hydrogen) atoms. The van der Waals surface area contributed by atoms with E-state index in [4.69, 9.17) is 10.8 Å². The first kappa shape index (κ1) is 24.2. The van der Waals surface area contributed by atoms with E-state index in [0.717, 1.165) is 0 Å². The number of phenolic OH excluding ortho intramolecular Hbond substituents is 1. The Balaban J connectivity index is 2.94. The van der Waals surface area contributed by atoms with E-state index in [1.54, 1.807) is 12.1 Å². The van der Waals surface area contributed by atoms with E-state index < -0.39 is 42.3 Å². The molecule has 0 heterocycles. The van der Waals surface area contributed by atoms with Crippen LogP contribution in [-0.2, 0) is 25.6 Å². The molecule has 0 radical (unpaired) electrons. The number of aromatic hydroxyl groups is 1. The highest BCUT2D eigenvalue weighted by atomic mass is 32.2. The smallest absolute Gasteiger partial charge is 0.322 e. The first-order valence-corrected chi connectivity index (χ1v) is 10.2. The van der Waals surface area contributed by atoms with Crippen molar-refractivity contribution in [2.45, 2.75) is 24.9 Å². The van der Waals surface area contributed by atoms with Crippen molar-refractivity contribution >= 4 is 35.5 Å². The number of nitrogens with two attached hydrogens (primary N) is 1. The Morgan fingerprint density at radius 3 is 2.28 bits per heavy atom. The highest BCUT2D eigenvalue weighted by molar-refractivity contribution is 7.98. The summed E-state index contributed by atoms with van der Waals surface area (Å²) in [4.78, 5) is 47.5. The summed E-state index contributed by atoms with van der Waals surface area (Å²) in [5, 5.41) is 25.5. The molecule has 1 rings (SSSR count). The van der Waals surface area contributed by atoms with Gasteiger partial charge in [-0.3, -0.25) is 19.2 Å². The van der Waals surface area contributed by atoms with E-state index >= 15 is 0 Å². The number of rotatable bonds is 12. The van der Waals surface area contributed by atoms with Crippen LogP contribution in [0.25, 0.3) is 0 Å². The van der Waals surface area contributed by atoms with Gasteiger partial charge in [0, 0.05) is 6.42 Å². The van der Waals surface area contributed by atoms with E-state index in [9.17, 15) is 24.3 Å². The number of carbonyl (C=O) groups is 4. The van der Waals surface area contributed by atoms with Crippen molar-refractivity contribution in [3.63, 3.8) is 0 Å². The molecule has 10 nitrogen and oxygen atoms in total. The summed E-state index contributed by atoms with van der Waals surface area (Å²) in [6.07, 6.45) is 2.26. The fourth-order valence-corrected chi connectivity index (χ4v) is 2.86. The Hall–Kier alpha value is -2.79. The van der Waals surface area contributed by atoms with E-state index in [1.807, 2.05) is 6.26 Å². The third-order valence-corrected chi connectivity index (χ3v) is 4.51. The molecule has 3 amide bonds. The first-order valence-electron chi connectivity index (χ1n) is 8.83. The van der Waals surface area contributed by atoms with Crippen molar-refractivity contribution in [3.8, 4) is 5.75 Å². The fraction of sp³-hybridized carbons (Fsp3) is 0.444. The molecule has 0 saturated carbocycles. The molecule has 2 unspecified atom stereocenters. The van der Waals surface area contributed by atoms with Crippen LogP contribution >= 0.6 is 11.8 Å². The van der Waals surface area contributed by atoms with Gasteiger partial charge in [0.2, 0.25) is 17.7 Å². The largest absolute Gasteiger partial charge is 0.508 e. The molecule has 7 N–H and O–H groups in total. The highest BCUT2D eigenvalue weighted by Gasteiger charge is 2.27. The Labute approximate surface area is 172 Å². The number of aliphatic carboxylic acids is 1. The van der Waals surface area contributed by atoms with Crippen LogP contribution in [-0.4, -0.2) is 71.1 Å². The van der Waals surface area contributed by atoms with Crippen molar-refractivity contribution in [1.29, 1.82) is 0 Å². The number of nitrogens with one attached hydrogen (secondary N) is 3. The predicted molar refractivity (Wildman–Crippen MR) is 108 cm³/mol. The van der Waals surface area contributed by atoms with Gasteiger partial charge >= 0.3 is 5.97 Å². The quantitative estimate of drug-likeness (QED) is 0.242. The minimum atomic E-state index is -1.22. The van der Waals surface area contributed by atoms with Crippen LogP contribution in [0.3, 0.4) is 0 Å². The summed E-state index contributed by atoms with van der Waals surface area (Å²) < 4.78 is 0. The number of benzene rings is 1. The maximum atomic E-state index is 12.7. The van der Waals surface area contributed by atoms with Crippen LogP contribution < -0.4 is 21.7 Å². The zero-order valence-corrected chi connectivity index (χ0v) is 16.8. The topological polar surface area (TPSA) is 171 Å². The number of carboxylic acids is 1. The van der Waals surface area contributed by atoms with Gasteiger partial charge in [0.1, 0.15) is 24.4 Å². The molecular formula is C18H26N4O6S. The van der Waals surface area contributed by atoms with Gasteiger partial charge in [-0.15, -0.1) is 0 Å². The van der Waals surface area contributed by atoms with E-state index in [2.05, 4.69) is 16.0 Å². The van der Waals surface area contributed by atoms with Gasteiger partial charge in [-0.05, 0) is 36.1 Å². The van der Waals surface area contributed by atoms with Crippen molar-refractivity contribution in [1.82, 2.24) is 16.0 Å². The molecule has 160 valence electrons. The lowest BCUT2D eigenvalue weighted by atomic mass is 10.0. The molecule has 2 atom stereocenters. The van der Waals surface area contributed by atoms with Crippen LogP contribution in [0.4, 0.5) is 0 Å². The van der Waals surface area contributed by atoms with Crippen LogP contribution in [0.2, 0.25) is 0 Å². The van der Waals surface area contributed by atoms with Gasteiger partial charge in [-0.25, -0.2) is 0 Å². The summed E-state index contributed by atoms with van der Waals surface area (Å²) in [7, 11) is 0. The lowest BCUT2D eigenvalue weighted by Gasteiger charge is -2.23. The molecular weight excluding hydrogens is 400 g/mol. The van der Waals surface area contributed by atoms with Crippen LogP contribution in [0.15, 0.2) is 24.3 Å². The SMILES string of the molecule is CSCCC(NC(=O)CN)C(=O)NC(Cc1ccc(O)cc1)C(=O)NCC(=O)O. The van der Waals surface area contributed by atoms with Crippen LogP contribution in [0, 0.1) is 0 Å². The van der Waals surface area contributed by atoms with Crippen molar-refractivity contribution in [2.75, 3.05) is 25.1 Å². The fourth-order valence-electron chi connectivity index (χ4n) is 2.39. The lowest BCUT2D eigenvalue weighted by Crippen LogP contribution is -2.55. The number of carbonyl (C=O) groups excluding carboxylic acids is 3. The summed E-state index contributed by atoms with van der Waals surface area (Å²) in [6.45, 7) is -0.875. The summed E-state index contributed by atoms with van der Waals surface area (Å²) in [5.41, 5.74) is 5.94. The minimum Gasteiger partial charge on any atom is -0.508 e. The van der Waals surface area contributed by atoms with Gasteiger partial charge in [0.15, 0.2) is 0 Å². The number of carboxylic acid groups (broad SMARTS) is 1. The van der Waals surface area contributed by atoms with Gasteiger partial charge in [0.25, 0.3) is 0 Å². The Morgan fingerprint density at radius 2 is 1.72 bits per heavy atom. The monoisotopic (exact) mass is 426 g/mol. The lowest BCUT2D eigenvalue weighted by molar-refractivity contribution is -0.138. The summed E-state index contributed by atoms with van der Waals surface area (Å²) >= 11 is 1.49. The molecule has 0 aromatic heterocycles. The zero-order chi connectivity index (χ0) is 21.8. The molecule has 0 saturated heterocycles. The zero-order valence-electron chi connectivity index (χ0n) is 16.0. The molecule has 0 fully saturated rings. The Kier molecular flexibility index (Phi) is 10.6. The number of hydrogen-bond donors (Lipinski definition) is 6. The standard InChI is InChI=1S/C18H26N4O6S/c1-29-7-6-13(21-15(24)9-19)18(28)22-14(17(27)20-10-16(25)26)8-11-2-4-12(23)5-3-11/h2-5,13-14,23H,6-10,19H2,1H3,(H,20,27)(H,21,24)(H,22,28)(H,25,26). The molecule has 11 heteroatoms. The summed E-state index contributed by atoms with van der Waals surface area (Å²) in [6, 6.07) is 4.09. The Bertz CT molecular complexity index is 713. The maximum absolute atomic E-state index is 12.7. The van der Waals surface area contributed by atoms with Crippen molar-refractivity contribution in [2.24, 2.45) is 5.73 Å². The second-order valence-corrected chi connectivity index (χ2v) is 7.13. The van der Waals surface area contributed by atoms with Crippen molar-refractivity contribution < 1.29 is 29.4 Å². The minimum absolute atomic E-state index is 0.0475. The van der Waals surface area contributed by atoms with E-state index in [0.29, 0.717) is 17.7 Å². The van der Waals surface area contributed by atoms with Crippen LogP contribution in [0.5, 0.6) is 5.75 Å². The molecule has 0 aliphatic rings. The third-order valence-electron chi connectivity index (χ3n) is 3.87. The second kappa shape index (κ2) is 12.6.